The van der Waals surface area contributed by atoms with Crippen molar-refractivity contribution in [2.45, 2.75) is 25.7 Å². The molecular weight excluding hydrogens is 115 g/mol. The molecule has 2 fully saturated rings. The highest BCUT2D eigenvalue weighted by atomic mass is 16.4. The molecule has 9 heavy (non-hydrogen) atoms. The normalized spacial score (nSPS) is 36.2. The average Bonchev–Trinajstić information content (AvgIpc) is 1.81. The number of hydrogen-bond donors (Lipinski definition) is 2. The lowest BCUT2D eigenvalue weighted by atomic mass is 9.60. The van der Waals surface area contributed by atoms with E-state index in [0.29, 0.717) is 0 Å². The molecule has 51 valence electrons. The summed E-state index contributed by atoms with van der Waals surface area (Å²) in [7, 11) is 0. The van der Waals surface area contributed by atoms with Crippen LogP contribution < -0.4 is 0 Å². The van der Waals surface area contributed by atoms with Gasteiger partial charge in [0.1, 0.15) is 0 Å². The summed E-state index contributed by atoms with van der Waals surface area (Å²) in [5, 5.41) is 14.0. The molecule has 2 aliphatic carbocycles. The Morgan fingerprint density at radius 2 is 1.11 bits per heavy atom. The largest absolute Gasteiger partial charge is 0.482 e. The molecule has 0 unspecified atom stereocenters. The van der Waals surface area contributed by atoms with E-state index in [-0.39, 0.29) is 7.69 Å². The minimum absolute atomic E-state index is 0. The van der Waals surface area contributed by atoms with Crippen molar-refractivity contribution in [1.82, 2.24) is 0 Å². The average molecular weight is 127 g/mol. The lowest BCUT2D eigenvalue weighted by Gasteiger charge is -2.46. The molecule has 2 N–H and O–H groups in total. The topological polar surface area (TPSA) is 40.5 Å². The van der Waals surface area contributed by atoms with Crippen LogP contribution in [-0.4, -0.2) is 17.7 Å². The Bertz CT molecular complexity index is 69.1. The zero-order valence-corrected chi connectivity index (χ0v) is 5.45. The van der Waals surface area contributed by atoms with Crippen LogP contribution >= 0.6 is 0 Å². The Morgan fingerprint density at radius 1 is 0.889 bits per heavy atom. The molecule has 2 nitrogen and oxygen atoms in total. The molecular formula is C6H12BO2. The first-order valence-electron chi connectivity index (χ1n) is 3.48. The number of fused-ring (bicyclic) bond motifs is 1. The van der Waals surface area contributed by atoms with Crippen LogP contribution in [0.15, 0.2) is 0 Å². The van der Waals surface area contributed by atoms with Gasteiger partial charge in [-0.05, 0) is 37.5 Å². The van der Waals surface area contributed by atoms with Gasteiger partial charge in [-0.15, -0.1) is 0 Å². The molecule has 0 spiro atoms. The molecule has 1 radical (unpaired) electrons. The summed E-state index contributed by atoms with van der Waals surface area (Å²) in [5.74, 6) is 2.43. The Labute approximate surface area is 56.2 Å². The summed E-state index contributed by atoms with van der Waals surface area (Å²) >= 11 is 0. The van der Waals surface area contributed by atoms with Crippen LogP contribution in [0.2, 0.25) is 0 Å². The molecule has 0 aromatic carbocycles. The van der Waals surface area contributed by atoms with Crippen molar-refractivity contribution < 1.29 is 10.0 Å². The van der Waals surface area contributed by atoms with Crippen molar-refractivity contribution in [2.75, 3.05) is 0 Å². The molecule has 0 atom stereocenters. The molecule has 0 amide bonds. The van der Waals surface area contributed by atoms with Gasteiger partial charge in [0.15, 0.2) is 0 Å². The van der Waals surface area contributed by atoms with Gasteiger partial charge in [0.2, 0.25) is 0 Å². The monoisotopic (exact) mass is 127 g/mol. The summed E-state index contributed by atoms with van der Waals surface area (Å²) in [6.07, 6.45) is 6.24. The molecule has 0 aromatic rings. The predicted molar refractivity (Wildman–Crippen MR) is 35.6 cm³/mol. The van der Waals surface area contributed by atoms with Crippen molar-refractivity contribution >= 4 is 7.69 Å². The van der Waals surface area contributed by atoms with Gasteiger partial charge in [-0.25, -0.2) is 0 Å². The van der Waals surface area contributed by atoms with Gasteiger partial charge in [0.05, 0.1) is 0 Å². The maximum Gasteiger partial charge on any atom is 0.482 e. The second kappa shape index (κ2) is 3.23. The Morgan fingerprint density at radius 3 is 1.11 bits per heavy atom. The van der Waals surface area contributed by atoms with E-state index in [1.165, 1.54) is 11.8 Å². The van der Waals surface area contributed by atoms with E-state index in [1.807, 2.05) is 0 Å². The molecule has 0 aliphatic heterocycles. The number of rotatable bonds is 0. The smallest absolute Gasteiger partial charge is 0.429 e. The highest BCUT2D eigenvalue weighted by Gasteiger charge is 2.37. The summed E-state index contributed by atoms with van der Waals surface area (Å²) in [6.45, 7) is 0. The summed E-state index contributed by atoms with van der Waals surface area (Å²) < 4.78 is 0. The summed E-state index contributed by atoms with van der Waals surface area (Å²) in [6, 6.07) is 0. The van der Waals surface area contributed by atoms with Gasteiger partial charge in [-0.1, -0.05) is 0 Å². The van der Waals surface area contributed by atoms with Crippen molar-refractivity contribution in [3.8, 4) is 0 Å². The minimum Gasteiger partial charge on any atom is -0.429 e. The van der Waals surface area contributed by atoms with E-state index in [9.17, 15) is 0 Å². The highest BCUT2D eigenvalue weighted by molar-refractivity contribution is 6.13. The minimum atomic E-state index is 0. The Kier molecular flexibility index (Phi) is 2.55. The standard InChI is InChI=1S/C6H10.BH2O2/c1-2-6-4-3-5(1)6;2-1-3/h5-6H,1-4H2;2-3H. The first-order chi connectivity index (χ1) is 4.38. The Hall–Kier alpha value is -0.0151. The molecule has 0 heterocycles. The van der Waals surface area contributed by atoms with Gasteiger partial charge in [0.25, 0.3) is 0 Å². The molecule has 2 rings (SSSR count). The third-order valence-corrected chi connectivity index (χ3v) is 2.48. The fourth-order valence-electron chi connectivity index (χ4n) is 1.56. The van der Waals surface area contributed by atoms with Crippen molar-refractivity contribution in [2.24, 2.45) is 11.8 Å². The van der Waals surface area contributed by atoms with E-state index in [0.717, 1.165) is 0 Å². The van der Waals surface area contributed by atoms with Crippen LogP contribution in [0.25, 0.3) is 0 Å². The first-order valence-corrected chi connectivity index (χ1v) is 3.48. The maximum atomic E-state index is 7.00. The van der Waals surface area contributed by atoms with E-state index < -0.39 is 0 Å². The van der Waals surface area contributed by atoms with E-state index in [1.54, 1.807) is 25.7 Å². The zero-order chi connectivity index (χ0) is 6.69. The van der Waals surface area contributed by atoms with Gasteiger partial charge in [0, 0.05) is 0 Å². The SMILES string of the molecule is C1CC2CCC12.O[B]O. The third-order valence-electron chi connectivity index (χ3n) is 2.48. The van der Waals surface area contributed by atoms with Crippen LogP contribution in [0.1, 0.15) is 25.7 Å². The van der Waals surface area contributed by atoms with Crippen molar-refractivity contribution in [1.29, 1.82) is 0 Å². The highest BCUT2D eigenvalue weighted by Crippen LogP contribution is 2.49. The van der Waals surface area contributed by atoms with Crippen molar-refractivity contribution in [3.63, 3.8) is 0 Å². The second-order valence-electron chi connectivity index (χ2n) is 2.79. The van der Waals surface area contributed by atoms with E-state index >= 15 is 0 Å². The van der Waals surface area contributed by atoms with Gasteiger partial charge in [-0.3, -0.25) is 0 Å². The van der Waals surface area contributed by atoms with E-state index in [4.69, 9.17) is 10.0 Å². The maximum absolute atomic E-state index is 7.00. The molecule has 0 bridgehead atoms. The quantitative estimate of drug-likeness (QED) is 0.459. The molecule has 2 saturated carbocycles. The predicted octanol–water partition coefficient (Wildman–Crippen LogP) is 0.312. The molecule has 2 aliphatic rings. The number of hydrogen-bond acceptors (Lipinski definition) is 2. The van der Waals surface area contributed by atoms with Crippen LogP contribution in [-0.2, 0) is 0 Å². The van der Waals surface area contributed by atoms with Crippen LogP contribution in [0.3, 0.4) is 0 Å². The Balaban J connectivity index is 0.000000120. The first kappa shape index (κ1) is 7.10. The molecule has 0 saturated heterocycles. The fourth-order valence-corrected chi connectivity index (χ4v) is 1.56. The zero-order valence-electron chi connectivity index (χ0n) is 5.45. The second-order valence-corrected chi connectivity index (χ2v) is 2.79. The van der Waals surface area contributed by atoms with Crippen molar-refractivity contribution in [3.05, 3.63) is 0 Å². The van der Waals surface area contributed by atoms with Crippen LogP contribution in [0.5, 0.6) is 0 Å². The fraction of sp³-hybridized carbons (Fsp3) is 1.00. The lowest BCUT2D eigenvalue weighted by molar-refractivity contribution is 0.0548. The van der Waals surface area contributed by atoms with Crippen LogP contribution in [0.4, 0.5) is 0 Å². The summed E-state index contributed by atoms with van der Waals surface area (Å²) in [5.41, 5.74) is 0. The van der Waals surface area contributed by atoms with Gasteiger partial charge >= 0.3 is 7.69 Å². The summed E-state index contributed by atoms with van der Waals surface area (Å²) in [4.78, 5) is 0. The third kappa shape index (κ3) is 1.46. The molecule has 3 heteroatoms. The molecule has 0 aromatic heterocycles. The van der Waals surface area contributed by atoms with E-state index in [2.05, 4.69) is 0 Å². The van der Waals surface area contributed by atoms with Gasteiger partial charge in [-0.2, -0.15) is 0 Å². The van der Waals surface area contributed by atoms with Crippen LogP contribution in [0, 0.1) is 11.8 Å². The lowest BCUT2D eigenvalue weighted by Crippen LogP contribution is -2.34. The van der Waals surface area contributed by atoms with Gasteiger partial charge < -0.3 is 10.0 Å².